The van der Waals surface area contributed by atoms with Gasteiger partial charge < -0.3 is 30.5 Å². The lowest BCUT2D eigenvalue weighted by molar-refractivity contribution is -0.169. The standard InChI is InChI=1S/C36H35NO8S/c1-34(13-12-28(40)37-29-25(39)11-10-24(30(29)41)33(43)44)31-26-15-21-16-36(31,18-35(21,2)45-26)17-27(32(34)42)46-23-8-6-19(7-9-23)20-4-3-5-22(38)14-20/h3-11,14,17,21,26,31,38-39,41H,12-13,15-16,18H2,1-2H3,(H,37,40)(H,43,44)/t21-,26+,31+,34+,35+,36-/m1/s1. The Bertz CT molecular complexity index is 1820. The zero-order valence-electron chi connectivity index (χ0n) is 25.4. The fourth-order valence-electron chi connectivity index (χ4n) is 8.82. The fourth-order valence-corrected chi connectivity index (χ4v) is 9.96. The van der Waals surface area contributed by atoms with Crippen LogP contribution in [0.2, 0.25) is 0 Å². The first-order chi connectivity index (χ1) is 21.8. The molecule has 5 aliphatic rings. The minimum atomic E-state index is -1.40. The van der Waals surface area contributed by atoms with Crippen LogP contribution in [0.3, 0.4) is 0 Å². The van der Waals surface area contributed by atoms with Gasteiger partial charge in [-0.25, -0.2) is 4.79 Å². The zero-order valence-corrected chi connectivity index (χ0v) is 26.3. The van der Waals surface area contributed by atoms with Crippen LogP contribution in [0.25, 0.3) is 11.1 Å². The predicted octanol–water partition coefficient (Wildman–Crippen LogP) is 6.73. The Morgan fingerprint density at radius 1 is 1.02 bits per heavy atom. The van der Waals surface area contributed by atoms with Crippen LogP contribution in [0.5, 0.6) is 17.2 Å². The second-order valence-corrected chi connectivity index (χ2v) is 14.7. The summed E-state index contributed by atoms with van der Waals surface area (Å²) in [6, 6.07) is 17.1. The highest BCUT2D eigenvalue weighted by Gasteiger charge is 2.72. The first-order valence-electron chi connectivity index (χ1n) is 15.4. The van der Waals surface area contributed by atoms with Crippen molar-refractivity contribution in [3.05, 3.63) is 77.2 Å². The molecule has 9 nitrogen and oxygen atoms in total. The highest BCUT2D eigenvalue weighted by Crippen LogP contribution is 2.72. The van der Waals surface area contributed by atoms with E-state index in [-0.39, 0.29) is 53.1 Å². The molecule has 2 heterocycles. The summed E-state index contributed by atoms with van der Waals surface area (Å²) in [4.78, 5) is 40.8. The molecule has 2 saturated heterocycles. The number of benzene rings is 3. The van der Waals surface area contributed by atoms with Crippen LogP contribution in [0.1, 0.15) is 56.3 Å². The molecule has 1 spiro atoms. The average Bonchev–Trinajstić information content (AvgIpc) is 3.37. The molecule has 6 atom stereocenters. The van der Waals surface area contributed by atoms with Gasteiger partial charge in [-0.2, -0.15) is 0 Å². The van der Waals surface area contributed by atoms with Gasteiger partial charge in [0.05, 0.1) is 16.6 Å². The van der Waals surface area contributed by atoms with Gasteiger partial charge in [-0.05, 0) is 91.5 Å². The molecule has 2 saturated carbocycles. The van der Waals surface area contributed by atoms with Crippen molar-refractivity contribution in [2.75, 3.05) is 5.32 Å². The Labute approximate surface area is 270 Å². The van der Waals surface area contributed by atoms with Crippen molar-refractivity contribution < 1.29 is 39.5 Å². The Kier molecular flexibility index (Phi) is 7.02. The number of carboxylic acid groups (broad SMARTS) is 1. The molecule has 46 heavy (non-hydrogen) atoms. The number of phenolic OH excluding ortho intramolecular Hbond substituents is 2. The number of hydrogen-bond donors (Lipinski definition) is 5. The molecule has 5 N–H and O–H groups in total. The van der Waals surface area contributed by atoms with Crippen molar-refractivity contribution in [3.63, 3.8) is 0 Å². The van der Waals surface area contributed by atoms with Gasteiger partial charge in [0.2, 0.25) is 5.91 Å². The molecule has 0 aromatic heterocycles. The molecule has 4 bridgehead atoms. The monoisotopic (exact) mass is 641 g/mol. The number of anilines is 1. The zero-order chi connectivity index (χ0) is 32.6. The number of carbonyl (C=O) groups excluding carboxylic acids is 2. The van der Waals surface area contributed by atoms with Crippen LogP contribution in [-0.2, 0) is 14.3 Å². The molecule has 3 aromatic rings. The lowest BCUT2D eigenvalue weighted by Gasteiger charge is -2.56. The summed E-state index contributed by atoms with van der Waals surface area (Å²) in [5, 5.41) is 42.4. The van der Waals surface area contributed by atoms with Crippen molar-refractivity contribution in [2.45, 2.75) is 62.6 Å². The molecule has 238 valence electrons. The Hall–Kier alpha value is -4.28. The minimum Gasteiger partial charge on any atom is -0.508 e. The normalized spacial score (nSPS) is 30.6. The number of allylic oxidation sites excluding steroid dienone is 2. The second-order valence-electron chi connectivity index (χ2n) is 13.6. The number of nitrogens with one attached hydrogen (secondary N) is 1. The Morgan fingerprint density at radius 3 is 2.48 bits per heavy atom. The number of hydrogen-bond acceptors (Lipinski definition) is 8. The number of aromatic hydroxyl groups is 3. The third-order valence-corrected chi connectivity index (χ3v) is 11.8. The number of ketones is 1. The minimum absolute atomic E-state index is 0.0425. The van der Waals surface area contributed by atoms with Gasteiger partial charge >= 0.3 is 5.97 Å². The highest BCUT2D eigenvalue weighted by molar-refractivity contribution is 8.04. The summed E-state index contributed by atoms with van der Waals surface area (Å²) in [7, 11) is 0. The number of carboxylic acids is 1. The molecule has 3 aromatic carbocycles. The van der Waals surface area contributed by atoms with Crippen molar-refractivity contribution in [2.24, 2.45) is 22.7 Å². The number of aromatic carboxylic acids is 1. The molecule has 3 aliphatic carbocycles. The first kappa shape index (κ1) is 30.4. The predicted molar refractivity (Wildman–Crippen MR) is 172 cm³/mol. The molecule has 8 rings (SSSR count). The van der Waals surface area contributed by atoms with Crippen molar-refractivity contribution in [1.29, 1.82) is 0 Å². The third-order valence-electron chi connectivity index (χ3n) is 10.7. The van der Waals surface area contributed by atoms with Crippen LogP contribution in [0.4, 0.5) is 5.69 Å². The molecule has 2 aliphatic heterocycles. The van der Waals surface area contributed by atoms with E-state index < -0.39 is 34.4 Å². The largest absolute Gasteiger partial charge is 0.508 e. The maximum atomic E-state index is 14.5. The van der Waals surface area contributed by atoms with E-state index in [2.05, 4.69) is 18.3 Å². The van der Waals surface area contributed by atoms with E-state index in [1.165, 1.54) is 11.8 Å². The van der Waals surface area contributed by atoms with Crippen molar-refractivity contribution >= 4 is 35.1 Å². The summed E-state index contributed by atoms with van der Waals surface area (Å²) < 4.78 is 6.61. The van der Waals surface area contributed by atoms with E-state index in [1.54, 1.807) is 18.2 Å². The Morgan fingerprint density at radius 2 is 1.78 bits per heavy atom. The molecular weight excluding hydrogens is 606 g/mol. The van der Waals surface area contributed by atoms with Gasteiger partial charge in [0.15, 0.2) is 11.5 Å². The lowest BCUT2D eigenvalue weighted by atomic mass is 9.51. The number of rotatable bonds is 8. The quantitative estimate of drug-likeness (QED) is 0.169. The van der Waals surface area contributed by atoms with E-state index in [9.17, 15) is 34.8 Å². The SMILES string of the molecule is C[C@]12C[C@@]34C=C(Sc5ccc(-c6cccc(O)c6)cc5)C(=O)[C@@](C)(CCC(=O)Nc5c(O)ccc(C(=O)O)c5O)[C@@H]3[C@H](C[C@@H]1C4)O2. The van der Waals surface area contributed by atoms with Crippen LogP contribution in [0.15, 0.2) is 76.5 Å². The van der Waals surface area contributed by atoms with Gasteiger partial charge in [0, 0.05) is 22.6 Å². The maximum absolute atomic E-state index is 14.5. The number of phenols is 3. The molecule has 0 unspecified atom stereocenters. The molecule has 1 amide bonds. The number of ether oxygens (including phenoxy) is 1. The third kappa shape index (κ3) is 4.77. The van der Waals surface area contributed by atoms with Gasteiger partial charge in [-0.3, -0.25) is 9.59 Å². The molecule has 10 heteroatoms. The molecule has 4 fully saturated rings. The van der Waals surface area contributed by atoms with Crippen molar-refractivity contribution in [1.82, 2.24) is 0 Å². The smallest absolute Gasteiger partial charge is 0.339 e. The van der Waals surface area contributed by atoms with E-state index >= 15 is 0 Å². The van der Waals surface area contributed by atoms with Crippen molar-refractivity contribution in [3.8, 4) is 28.4 Å². The van der Waals surface area contributed by atoms with Crippen LogP contribution < -0.4 is 5.32 Å². The van der Waals surface area contributed by atoms with Crippen LogP contribution in [0, 0.1) is 22.7 Å². The van der Waals surface area contributed by atoms with Crippen LogP contribution >= 0.6 is 11.8 Å². The van der Waals surface area contributed by atoms with Gasteiger partial charge in [0.1, 0.15) is 22.7 Å². The summed E-state index contributed by atoms with van der Waals surface area (Å²) in [6.07, 6.45) is 4.83. The maximum Gasteiger partial charge on any atom is 0.339 e. The average molecular weight is 642 g/mol. The summed E-state index contributed by atoms with van der Waals surface area (Å²) in [6.45, 7) is 4.11. The molecular formula is C36H35NO8S. The highest BCUT2D eigenvalue weighted by atomic mass is 32.2. The van der Waals surface area contributed by atoms with E-state index in [4.69, 9.17) is 4.74 Å². The second kappa shape index (κ2) is 10.6. The number of amides is 1. The lowest BCUT2D eigenvalue weighted by Crippen LogP contribution is -2.57. The van der Waals surface area contributed by atoms with Gasteiger partial charge in [-0.1, -0.05) is 49.0 Å². The molecule has 0 radical (unpaired) electrons. The van der Waals surface area contributed by atoms with Crippen LogP contribution in [-0.4, -0.2) is 49.8 Å². The van der Waals surface area contributed by atoms with E-state index in [0.717, 1.165) is 47.4 Å². The van der Waals surface area contributed by atoms with Gasteiger partial charge in [0.25, 0.3) is 0 Å². The summed E-state index contributed by atoms with van der Waals surface area (Å²) in [5.74, 6) is -2.70. The number of Topliss-reactive ketones (excluding diaryl/α,β-unsaturated/α-hetero) is 1. The van der Waals surface area contributed by atoms with Gasteiger partial charge in [-0.15, -0.1) is 0 Å². The topological polar surface area (TPSA) is 153 Å². The number of thioether (sulfide) groups is 1. The fraction of sp³-hybridized carbons (Fsp3) is 0.361. The Balaban J connectivity index is 1.16. The summed E-state index contributed by atoms with van der Waals surface area (Å²) in [5.41, 5.74) is -0.393. The van der Waals surface area contributed by atoms with E-state index in [0.29, 0.717) is 10.8 Å². The first-order valence-corrected chi connectivity index (χ1v) is 16.2. The summed E-state index contributed by atoms with van der Waals surface area (Å²) >= 11 is 1.43. The number of carbonyl (C=O) groups is 3. The van der Waals surface area contributed by atoms with E-state index in [1.807, 2.05) is 37.3 Å².